The topological polar surface area (TPSA) is 77.2 Å². The maximum atomic E-state index is 10.7. The number of aromatic nitrogens is 1. The molecule has 1 heterocycles. The Balaban J connectivity index is 2.05. The number of hydrogen-bond acceptors (Lipinski definition) is 4. The van der Waals surface area contributed by atoms with Crippen LogP contribution in [0.1, 0.15) is 17.5 Å². The van der Waals surface area contributed by atoms with E-state index >= 15 is 0 Å². The Kier molecular flexibility index (Phi) is 5.50. The number of nitriles is 1. The summed E-state index contributed by atoms with van der Waals surface area (Å²) < 4.78 is 0. The van der Waals surface area contributed by atoms with E-state index in [1.165, 1.54) is 5.56 Å². The third-order valence-electron chi connectivity index (χ3n) is 3.32. The van der Waals surface area contributed by atoms with Gasteiger partial charge in [-0.3, -0.25) is 9.78 Å². The molecule has 0 aliphatic heterocycles. The second-order valence-corrected chi connectivity index (χ2v) is 4.92. The fraction of sp³-hybridized carbons (Fsp3) is 0.235. The maximum absolute atomic E-state index is 10.7. The zero-order valence-corrected chi connectivity index (χ0v) is 12.1. The molecule has 5 heteroatoms. The molecule has 0 fully saturated rings. The predicted molar refractivity (Wildman–Crippen MR) is 83.6 cm³/mol. The molecule has 1 N–H and O–H groups in total. The van der Waals surface area contributed by atoms with Crippen LogP contribution in [0.15, 0.2) is 48.8 Å². The zero-order valence-electron chi connectivity index (χ0n) is 12.1. The largest absolute Gasteiger partial charge is 0.481 e. The van der Waals surface area contributed by atoms with Gasteiger partial charge < -0.3 is 10.0 Å². The van der Waals surface area contributed by atoms with Gasteiger partial charge in [-0.05, 0) is 41.8 Å². The summed E-state index contributed by atoms with van der Waals surface area (Å²) >= 11 is 0. The number of aliphatic carboxylic acids is 1. The van der Waals surface area contributed by atoms with Gasteiger partial charge in [0.25, 0.3) is 0 Å². The van der Waals surface area contributed by atoms with Crippen LogP contribution in [-0.2, 0) is 11.2 Å². The molecule has 0 spiro atoms. The summed E-state index contributed by atoms with van der Waals surface area (Å²) in [6.07, 6.45) is 4.37. The van der Waals surface area contributed by atoms with E-state index in [-0.39, 0.29) is 13.0 Å². The lowest BCUT2D eigenvalue weighted by Gasteiger charge is -2.21. The number of nitrogens with zero attached hydrogens (tertiary/aromatic N) is 3. The van der Waals surface area contributed by atoms with Gasteiger partial charge in [-0.25, -0.2) is 0 Å². The summed E-state index contributed by atoms with van der Waals surface area (Å²) in [5, 5.41) is 17.6. The van der Waals surface area contributed by atoms with E-state index < -0.39 is 5.97 Å². The lowest BCUT2D eigenvalue weighted by Crippen LogP contribution is -2.26. The van der Waals surface area contributed by atoms with Crippen LogP contribution in [0.25, 0.3) is 0 Å². The number of anilines is 1. The Morgan fingerprint density at radius 1 is 1.14 bits per heavy atom. The molecule has 0 atom stereocenters. The monoisotopic (exact) mass is 295 g/mol. The highest BCUT2D eigenvalue weighted by molar-refractivity contribution is 5.67. The van der Waals surface area contributed by atoms with Crippen molar-refractivity contribution in [1.29, 1.82) is 5.26 Å². The molecule has 5 nitrogen and oxygen atoms in total. The fourth-order valence-corrected chi connectivity index (χ4v) is 2.18. The minimum Gasteiger partial charge on any atom is -0.481 e. The number of carboxylic acid groups (broad SMARTS) is 1. The molecule has 1 aromatic carbocycles. The predicted octanol–water partition coefficient (Wildman–Crippen LogP) is 2.48. The Morgan fingerprint density at radius 3 is 2.36 bits per heavy atom. The molecular weight excluding hydrogens is 278 g/mol. The summed E-state index contributed by atoms with van der Waals surface area (Å²) in [6, 6.07) is 13.9. The first-order chi connectivity index (χ1) is 10.7. The van der Waals surface area contributed by atoms with Gasteiger partial charge in [-0.1, -0.05) is 12.1 Å². The van der Waals surface area contributed by atoms with E-state index in [9.17, 15) is 4.79 Å². The molecule has 0 saturated heterocycles. The van der Waals surface area contributed by atoms with Crippen LogP contribution < -0.4 is 4.90 Å². The first-order valence-corrected chi connectivity index (χ1v) is 7.00. The average Bonchev–Trinajstić information content (AvgIpc) is 2.53. The Hall–Kier alpha value is -2.87. The Labute approximate surface area is 129 Å². The van der Waals surface area contributed by atoms with Crippen LogP contribution >= 0.6 is 0 Å². The number of carboxylic acids is 1. The molecule has 22 heavy (non-hydrogen) atoms. The summed E-state index contributed by atoms with van der Waals surface area (Å²) in [6.45, 7) is 0.504. The normalized spacial score (nSPS) is 9.95. The molecule has 0 saturated carbocycles. The van der Waals surface area contributed by atoms with Crippen molar-refractivity contribution < 1.29 is 9.90 Å². The fourth-order valence-electron chi connectivity index (χ4n) is 2.18. The average molecular weight is 295 g/mol. The van der Waals surface area contributed by atoms with Crippen LogP contribution in [0.2, 0.25) is 0 Å². The van der Waals surface area contributed by atoms with E-state index in [1.807, 2.05) is 36.4 Å². The van der Waals surface area contributed by atoms with Crippen LogP contribution in [-0.4, -0.2) is 29.1 Å². The van der Waals surface area contributed by atoms with Gasteiger partial charge in [0.2, 0.25) is 0 Å². The Bertz CT molecular complexity index is 648. The van der Waals surface area contributed by atoms with E-state index in [2.05, 4.69) is 11.1 Å². The second kappa shape index (κ2) is 7.79. The van der Waals surface area contributed by atoms with Crippen molar-refractivity contribution in [2.45, 2.75) is 12.8 Å². The lowest BCUT2D eigenvalue weighted by atomic mass is 10.1. The summed E-state index contributed by atoms with van der Waals surface area (Å²) in [5.74, 6) is -0.864. The lowest BCUT2D eigenvalue weighted by molar-refractivity contribution is -0.136. The quantitative estimate of drug-likeness (QED) is 0.794. The number of hydrogen-bond donors (Lipinski definition) is 1. The minimum absolute atomic E-state index is 0.0143. The summed E-state index contributed by atoms with van der Waals surface area (Å²) in [5.41, 5.74) is 3.20. The third kappa shape index (κ3) is 4.60. The molecule has 0 aliphatic carbocycles. The van der Waals surface area contributed by atoms with Gasteiger partial charge in [0.1, 0.15) is 6.54 Å². The molecule has 0 radical (unpaired) electrons. The molecule has 0 bridgehead atoms. The SMILES string of the molecule is N#CCN(CCC(=O)O)c1ccc(Cc2ccncc2)cc1. The standard InChI is InChI=1S/C17H17N3O2/c18-8-12-20(11-7-17(21)22)16-3-1-14(2-4-16)13-15-5-9-19-10-6-15/h1-6,9-10H,7,11-13H2,(H,21,22). The summed E-state index contributed by atoms with van der Waals surface area (Å²) in [7, 11) is 0. The van der Waals surface area contributed by atoms with Gasteiger partial charge >= 0.3 is 5.97 Å². The molecule has 2 rings (SSSR count). The van der Waals surface area contributed by atoms with Crippen molar-refractivity contribution >= 4 is 11.7 Å². The first-order valence-electron chi connectivity index (χ1n) is 7.00. The van der Waals surface area contributed by atoms with Crippen molar-refractivity contribution in [1.82, 2.24) is 4.98 Å². The van der Waals surface area contributed by atoms with Crippen molar-refractivity contribution in [2.24, 2.45) is 0 Å². The van der Waals surface area contributed by atoms with E-state index in [4.69, 9.17) is 10.4 Å². The molecule has 112 valence electrons. The molecule has 0 aliphatic rings. The highest BCUT2D eigenvalue weighted by atomic mass is 16.4. The van der Waals surface area contributed by atoms with Crippen molar-refractivity contribution in [2.75, 3.05) is 18.0 Å². The maximum Gasteiger partial charge on any atom is 0.305 e. The number of benzene rings is 1. The third-order valence-corrected chi connectivity index (χ3v) is 3.32. The number of pyridine rings is 1. The molecule has 2 aromatic rings. The first kappa shape index (κ1) is 15.5. The van der Waals surface area contributed by atoms with E-state index in [0.29, 0.717) is 6.54 Å². The van der Waals surface area contributed by atoms with Crippen LogP contribution in [0.4, 0.5) is 5.69 Å². The Morgan fingerprint density at radius 2 is 1.77 bits per heavy atom. The van der Waals surface area contributed by atoms with Gasteiger partial charge in [-0.15, -0.1) is 0 Å². The molecule has 0 unspecified atom stereocenters. The van der Waals surface area contributed by atoms with Crippen molar-refractivity contribution in [3.63, 3.8) is 0 Å². The van der Waals surface area contributed by atoms with Gasteiger partial charge in [0, 0.05) is 24.6 Å². The van der Waals surface area contributed by atoms with Crippen LogP contribution in [0.5, 0.6) is 0 Å². The highest BCUT2D eigenvalue weighted by Crippen LogP contribution is 2.17. The molecule has 0 amide bonds. The second-order valence-electron chi connectivity index (χ2n) is 4.92. The molecular formula is C17H17N3O2. The van der Waals surface area contributed by atoms with Crippen molar-refractivity contribution in [3.05, 3.63) is 59.9 Å². The smallest absolute Gasteiger partial charge is 0.305 e. The van der Waals surface area contributed by atoms with E-state index in [0.717, 1.165) is 17.7 Å². The van der Waals surface area contributed by atoms with Gasteiger partial charge in [0.05, 0.1) is 12.5 Å². The van der Waals surface area contributed by atoms with E-state index in [1.54, 1.807) is 17.3 Å². The van der Waals surface area contributed by atoms with Gasteiger partial charge in [-0.2, -0.15) is 5.26 Å². The number of carbonyl (C=O) groups is 1. The minimum atomic E-state index is -0.864. The summed E-state index contributed by atoms with van der Waals surface area (Å²) in [4.78, 5) is 16.4. The van der Waals surface area contributed by atoms with Crippen LogP contribution in [0.3, 0.4) is 0 Å². The number of rotatable bonds is 7. The zero-order chi connectivity index (χ0) is 15.8. The molecule has 1 aromatic heterocycles. The highest BCUT2D eigenvalue weighted by Gasteiger charge is 2.08. The van der Waals surface area contributed by atoms with Crippen LogP contribution in [0, 0.1) is 11.3 Å². The van der Waals surface area contributed by atoms with Crippen molar-refractivity contribution in [3.8, 4) is 6.07 Å². The van der Waals surface area contributed by atoms with Gasteiger partial charge in [0.15, 0.2) is 0 Å².